The van der Waals surface area contributed by atoms with Crippen molar-refractivity contribution in [1.82, 2.24) is 29.3 Å². The predicted molar refractivity (Wildman–Crippen MR) is 141 cm³/mol. The Morgan fingerprint density at radius 3 is 2.71 bits per heavy atom. The average Bonchev–Trinajstić information content (AvgIpc) is 3.36. The molecule has 0 radical (unpaired) electrons. The molecule has 0 spiro atoms. The fraction of sp³-hybridized carbons (Fsp3) is 0.429. The van der Waals surface area contributed by atoms with Crippen LogP contribution in [0.1, 0.15) is 49.8 Å². The molecule has 1 amide bonds. The van der Waals surface area contributed by atoms with Crippen LogP contribution in [0.4, 0.5) is 5.82 Å². The highest BCUT2D eigenvalue weighted by molar-refractivity contribution is 5.91. The van der Waals surface area contributed by atoms with Gasteiger partial charge in [-0.25, -0.2) is 9.50 Å². The number of aromatic nitrogens is 5. The van der Waals surface area contributed by atoms with Crippen LogP contribution in [0.25, 0.3) is 28.0 Å². The predicted octanol–water partition coefficient (Wildman–Crippen LogP) is 3.24. The van der Waals surface area contributed by atoms with E-state index in [2.05, 4.69) is 32.0 Å². The Morgan fingerprint density at radius 2 is 1.89 bits per heavy atom. The average molecular weight is 514 g/mol. The first-order valence-electron chi connectivity index (χ1n) is 13.4. The highest BCUT2D eigenvalue weighted by Gasteiger charge is 2.41. The van der Waals surface area contributed by atoms with E-state index in [0.29, 0.717) is 18.8 Å². The molecule has 196 valence electrons. The number of hydrogen-bond acceptors (Lipinski definition) is 7. The van der Waals surface area contributed by atoms with Gasteiger partial charge in [-0.15, -0.1) is 0 Å². The number of β-amino-alcohol motifs (C(OH)–C–C–N with tert-alkyl or cyclic N) is 1. The molecule has 0 unspecified atom stereocenters. The van der Waals surface area contributed by atoms with Gasteiger partial charge in [-0.3, -0.25) is 9.48 Å². The molecule has 1 aliphatic carbocycles. The second kappa shape index (κ2) is 9.21. The van der Waals surface area contributed by atoms with E-state index in [0.717, 1.165) is 72.5 Å². The molecule has 1 aromatic carbocycles. The van der Waals surface area contributed by atoms with Crippen molar-refractivity contribution in [2.45, 2.75) is 50.3 Å². The Morgan fingerprint density at radius 1 is 1.05 bits per heavy atom. The smallest absolute Gasteiger partial charge is 0.226 e. The fourth-order valence-corrected chi connectivity index (χ4v) is 6.06. The summed E-state index contributed by atoms with van der Waals surface area (Å²) < 4.78 is 9.49. The van der Waals surface area contributed by atoms with Crippen LogP contribution in [0.2, 0.25) is 0 Å². The van der Waals surface area contributed by atoms with Gasteiger partial charge in [-0.1, -0.05) is 18.2 Å². The molecule has 38 heavy (non-hydrogen) atoms. The number of aliphatic hydroxyl groups excluding tert-OH is 1. The van der Waals surface area contributed by atoms with Gasteiger partial charge in [0.15, 0.2) is 5.82 Å². The third-order valence-electron chi connectivity index (χ3n) is 8.12. The van der Waals surface area contributed by atoms with Gasteiger partial charge in [0.2, 0.25) is 5.91 Å². The number of aliphatic hydroxyl groups is 1. The summed E-state index contributed by atoms with van der Waals surface area (Å²) in [5.41, 5.74) is 11.9. The van der Waals surface area contributed by atoms with Crippen molar-refractivity contribution in [2.24, 2.45) is 5.92 Å². The number of ether oxygens (including phenoxy) is 1. The van der Waals surface area contributed by atoms with Gasteiger partial charge in [-0.05, 0) is 55.9 Å². The van der Waals surface area contributed by atoms with Crippen molar-refractivity contribution < 1.29 is 14.6 Å². The third kappa shape index (κ3) is 3.95. The van der Waals surface area contributed by atoms with Gasteiger partial charge in [0.25, 0.3) is 0 Å². The van der Waals surface area contributed by atoms with Crippen molar-refractivity contribution in [3.8, 4) is 22.5 Å². The van der Waals surface area contributed by atoms with Crippen LogP contribution in [-0.2, 0) is 9.53 Å². The molecule has 3 aliphatic rings. The number of carbonyl (C=O) groups is 1. The van der Waals surface area contributed by atoms with E-state index in [1.54, 1.807) is 0 Å². The van der Waals surface area contributed by atoms with E-state index >= 15 is 0 Å². The molecule has 4 aromatic rings. The van der Waals surface area contributed by atoms with Gasteiger partial charge >= 0.3 is 0 Å². The first-order chi connectivity index (χ1) is 18.6. The number of carbonyl (C=O) groups excluding carboxylic acids is 1. The Balaban J connectivity index is 1.31. The maximum atomic E-state index is 13.0. The lowest BCUT2D eigenvalue weighted by Gasteiger charge is -2.25. The molecule has 2 atom stereocenters. The zero-order valence-corrected chi connectivity index (χ0v) is 21.1. The van der Waals surface area contributed by atoms with Crippen LogP contribution >= 0.6 is 0 Å². The summed E-state index contributed by atoms with van der Waals surface area (Å²) in [5, 5.41) is 19.7. The number of nitrogens with zero attached hydrogens (tertiary/aromatic N) is 6. The number of rotatable bonds is 5. The number of benzene rings is 1. The molecular weight excluding hydrogens is 482 g/mol. The molecule has 5 heterocycles. The van der Waals surface area contributed by atoms with E-state index in [1.165, 1.54) is 6.33 Å². The molecule has 2 saturated heterocycles. The van der Waals surface area contributed by atoms with E-state index in [4.69, 9.17) is 10.5 Å². The SMILES string of the molecule is Nc1ncnn2c(-c3cccc([C@@H]4C[C@@H](O)CN4C(=O)C4CC4)c3)cc(-c3ccnn3C3CCOCC3)c12. The lowest BCUT2D eigenvalue weighted by molar-refractivity contribution is -0.133. The molecule has 3 aromatic heterocycles. The van der Waals surface area contributed by atoms with Crippen molar-refractivity contribution >= 4 is 17.2 Å². The Labute approximate surface area is 220 Å². The zero-order valence-electron chi connectivity index (χ0n) is 21.1. The minimum Gasteiger partial charge on any atom is -0.391 e. The summed E-state index contributed by atoms with van der Waals surface area (Å²) in [6.07, 6.45) is 7.04. The van der Waals surface area contributed by atoms with Crippen molar-refractivity contribution in [1.29, 1.82) is 0 Å². The van der Waals surface area contributed by atoms with Crippen LogP contribution in [-0.4, -0.2) is 66.2 Å². The quantitative estimate of drug-likeness (QED) is 0.420. The van der Waals surface area contributed by atoms with Gasteiger partial charge in [0.1, 0.15) is 11.8 Å². The second-order valence-corrected chi connectivity index (χ2v) is 10.6. The number of likely N-dealkylation sites (tertiary alicyclic amines) is 1. The van der Waals surface area contributed by atoms with E-state index < -0.39 is 6.10 Å². The van der Waals surface area contributed by atoms with Crippen LogP contribution in [0, 0.1) is 5.92 Å². The summed E-state index contributed by atoms with van der Waals surface area (Å²) >= 11 is 0. The van der Waals surface area contributed by atoms with Crippen LogP contribution < -0.4 is 5.73 Å². The first kappa shape index (κ1) is 23.4. The van der Waals surface area contributed by atoms with E-state index in [1.807, 2.05) is 39.9 Å². The summed E-state index contributed by atoms with van der Waals surface area (Å²) in [7, 11) is 0. The number of hydrogen-bond donors (Lipinski definition) is 2. The molecule has 2 aliphatic heterocycles. The Hall–Kier alpha value is -3.76. The van der Waals surface area contributed by atoms with Crippen LogP contribution in [0.15, 0.2) is 48.9 Å². The van der Waals surface area contributed by atoms with Crippen molar-refractivity contribution in [3.63, 3.8) is 0 Å². The molecule has 7 rings (SSSR count). The highest BCUT2D eigenvalue weighted by atomic mass is 16.5. The van der Waals surface area contributed by atoms with Gasteiger partial charge in [0, 0.05) is 43.0 Å². The lowest BCUT2D eigenvalue weighted by Crippen LogP contribution is -2.32. The number of nitrogen functional groups attached to an aromatic ring is 1. The normalized spacial score (nSPS) is 22.4. The molecule has 3 fully saturated rings. The standard InChI is InChI=1S/C28H31N7O3/c29-27-26-22(23-6-9-31-34(23)20-7-10-38-11-8-20)14-25(35(26)32-16-30-27)19-3-1-2-18(12-19)24-13-21(36)15-33(24)28(37)17-4-5-17/h1-3,6,9,12,14,16-17,20-21,24,36H,4-5,7-8,10-11,13,15H2,(H2,29,30,32)/t21-,24+/m1/s1. The maximum absolute atomic E-state index is 13.0. The van der Waals surface area contributed by atoms with Gasteiger partial charge in [-0.2, -0.15) is 10.2 Å². The topological polar surface area (TPSA) is 124 Å². The molecule has 10 heteroatoms. The summed E-state index contributed by atoms with van der Waals surface area (Å²) in [6.45, 7) is 1.84. The third-order valence-corrected chi connectivity index (χ3v) is 8.12. The van der Waals surface area contributed by atoms with Gasteiger partial charge in [0.05, 0.1) is 29.6 Å². The number of fused-ring (bicyclic) bond motifs is 1. The molecular formula is C28H31N7O3. The number of amides is 1. The van der Waals surface area contributed by atoms with E-state index in [9.17, 15) is 9.90 Å². The van der Waals surface area contributed by atoms with Gasteiger partial charge < -0.3 is 20.5 Å². The minimum absolute atomic E-state index is 0.114. The highest BCUT2D eigenvalue weighted by Crippen LogP contribution is 2.41. The minimum atomic E-state index is -0.509. The van der Waals surface area contributed by atoms with E-state index in [-0.39, 0.29) is 23.9 Å². The number of anilines is 1. The Kier molecular flexibility index (Phi) is 5.66. The first-order valence-corrected chi connectivity index (χ1v) is 13.4. The van der Waals surface area contributed by atoms with Crippen LogP contribution in [0.5, 0.6) is 0 Å². The largest absolute Gasteiger partial charge is 0.391 e. The second-order valence-electron chi connectivity index (χ2n) is 10.6. The number of nitrogens with two attached hydrogens (primary N) is 1. The monoisotopic (exact) mass is 513 g/mol. The molecule has 3 N–H and O–H groups in total. The lowest BCUT2D eigenvalue weighted by atomic mass is 9.99. The molecule has 10 nitrogen and oxygen atoms in total. The molecule has 0 bridgehead atoms. The Bertz CT molecular complexity index is 1500. The molecule has 1 saturated carbocycles. The van der Waals surface area contributed by atoms with Crippen molar-refractivity contribution in [2.75, 3.05) is 25.5 Å². The fourth-order valence-electron chi connectivity index (χ4n) is 6.06. The maximum Gasteiger partial charge on any atom is 0.226 e. The van der Waals surface area contributed by atoms with Crippen molar-refractivity contribution in [3.05, 3.63) is 54.5 Å². The zero-order chi connectivity index (χ0) is 25.8. The summed E-state index contributed by atoms with van der Waals surface area (Å²) in [6, 6.07) is 12.4. The van der Waals surface area contributed by atoms with Crippen LogP contribution in [0.3, 0.4) is 0 Å². The summed E-state index contributed by atoms with van der Waals surface area (Å²) in [4.78, 5) is 19.1. The summed E-state index contributed by atoms with van der Waals surface area (Å²) in [5.74, 6) is 0.676.